The van der Waals surface area contributed by atoms with Crippen LogP contribution in [0.1, 0.15) is 27.6 Å². The van der Waals surface area contributed by atoms with Crippen molar-refractivity contribution in [3.63, 3.8) is 0 Å². The van der Waals surface area contributed by atoms with Crippen LogP contribution >= 0.6 is 0 Å². The number of rotatable bonds is 4. The summed E-state index contributed by atoms with van der Waals surface area (Å²) in [7, 11) is 0. The second kappa shape index (κ2) is 6.65. The van der Waals surface area contributed by atoms with E-state index in [0.29, 0.717) is 0 Å². The summed E-state index contributed by atoms with van der Waals surface area (Å²) in [4.78, 5) is 23.9. The summed E-state index contributed by atoms with van der Waals surface area (Å²) in [6.07, 6.45) is 0. The predicted octanol–water partition coefficient (Wildman–Crippen LogP) is 3.22. The van der Waals surface area contributed by atoms with Crippen LogP contribution in [0.3, 0.4) is 0 Å². The Balaban J connectivity index is 2.28. The van der Waals surface area contributed by atoms with Crippen molar-refractivity contribution >= 4 is 11.9 Å². The van der Waals surface area contributed by atoms with Gasteiger partial charge in [-0.25, -0.2) is 14.0 Å². The summed E-state index contributed by atoms with van der Waals surface area (Å²) in [6.45, 7) is 1.85. The summed E-state index contributed by atoms with van der Waals surface area (Å²) in [5.74, 6) is -2.29. The molecule has 4 nitrogen and oxygen atoms in total. The molecule has 0 saturated carbocycles. The molecule has 0 unspecified atom stereocenters. The first-order valence-electron chi connectivity index (χ1n) is 6.36. The van der Waals surface area contributed by atoms with E-state index in [1.165, 1.54) is 30.3 Å². The van der Waals surface area contributed by atoms with Gasteiger partial charge < -0.3 is 9.47 Å². The van der Waals surface area contributed by atoms with Crippen LogP contribution in [-0.2, 0) is 4.74 Å². The molecule has 2 rings (SSSR count). The molecule has 0 saturated heterocycles. The first kappa shape index (κ1) is 14.7. The number of esters is 2. The lowest BCUT2D eigenvalue weighted by Gasteiger charge is -2.09. The molecule has 2 aromatic rings. The summed E-state index contributed by atoms with van der Waals surface area (Å²) >= 11 is 0. The van der Waals surface area contributed by atoms with Gasteiger partial charge in [0, 0.05) is 0 Å². The largest absolute Gasteiger partial charge is 0.462 e. The molecular weight excluding hydrogens is 275 g/mol. The second-order valence-electron chi connectivity index (χ2n) is 4.09. The number of para-hydroxylation sites is 1. The van der Waals surface area contributed by atoms with Gasteiger partial charge in [-0.2, -0.15) is 0 Å². The van der Waals surface area contributed by atoms with Crippen molar-refractivity contribution in [1.29, 1.82) is 0 Å². The molecule has 0 aliphatic carbocycles. The molecule has 0 N–H and O–H groups in total. The number of hydrogen-bond donors (Lipinski definition) is 0. The Morgan fingerprint density at radius 1 is 0.952 bits per heavy atom. The van der Waals surface area contributed by atoms with Crippen molar-refractivity contribution in [2.45, 2.75) is 6.92 Å². The maximum Gasteiger partial charge on any atom is 0.344 e. The number of halogens is 1. The van der Waals surface area contributed by atoms with Gasteiger partial charge in [0.25, 0.3) is 0 Å². The fourth-order valence-corrected chi connectivity index (χ4v) is 1.73. The van der Waals surface area contributed by atoms with E-state index in [9.17, 15) is 14.0 Å². The summed E-state index contributed by atoms with van der Waals surface area (Å²) in [6, 6.07) is 11.6. The summed E-state index contributed by atoms with van der Waals surface area (Å²) < 4.78 is 23.3. The number of carbonyl (C=O) groups is 2. The number of carbonyl (C=O) groups excluding carboxylic acids is 2. The van der Waals surface area contributed by atoms with Crippen LogP contribution in [0.5, 0.6) is 5.75 Å². The Labute approximate surface area is 121 Å². The minimum absolute atomic E-state index is 0.0270. The van der Waals surface area contributed by atoms with E-state index in [4.69, 9.17) is 9.47 Å². The number of hydrogen-bond acceptors (Lipinski definition) is 4. The van der Waals surface area contributed by atoms with Gasteiger partial charge >= 0.3 is 11.9 Å². The highest BCUT2D eigenvalue weighted by Gasteiger charge is 2.20. The molecule has 0 aromatic heterocycles. The average Bonchev–Trinajstić information content (AvgIpc) is 2.50. The Bertz CT molecular complexity index is 667. The first-order chi connectivity index (χ1) is 10.1. The smallest absolute Gasteiger partial charge is 0.344 e. The van der Waals surface area contributed by atoms with E-state index in [2.05, 4.69) is 0 Å². The molecule has 0 fully saturated rings. The van der Waals surface area contributed by atoms with Gasteiger partial charge in [0.15, 0.2) is 11.6 Å². The highest BCUT2D eigenvalue weighted by atomic mass is 19.1. The fraction of sp³-hybridized carbons (Fsp3) is 0.125. The zero-order chi connectivity index (χ0) is 15.2. The van der Waals surface area contributed by atoms with Crippen LogP contribution in [-0.4, -0.2) is 18.5 Å². The van der Waals surface area contributed by atoms with Gasteiger partial charge in [0.2, 0.25) is 0 Å². The van der Waals surface area contributed by atoms with Crippen molar-refractivity contribution < 1.29 is 23.5 Å². The molecule has 0 atom stereocenters. The van der Waals surface area contributed by atoms with Crippen LogP contribution in [0.4, 0.5) is 4.39 Å². The van der Waals surface area contributed by atoms with Gasteiger partial charge in [-0.05, 0) is 31.2 Å². The number of benzene rings is 2. The monoisotopic (exact) mass is 288 g/mol. The first-order valence-corrected chi connectivity index (χ1v) is 6.36. The van der Waals surface area contributed by atoms with E-state index in [1.807, 2.05) is 0 Å². The Morgan fingerprint density at radius 2 is 1.52 bits per heavy atom. The Morgan fingerprint density at radius 3 is 2.14 bits per heavy atom. The molecule has 0 aliphatic rings. The van der Waals surface area contributed by atoms with Gasteiger partial charge in [0.1, 0.15) is 0 Å². The lowest BCUT2D eigenvalue weighted by molar-refractivity contribution is 0.0517. The van der Waals surface area contributed by atoms with Crippen LogP contribution in [0, 0.1) is 5.82 Å². The second-order valence-corrected chi connectivity index (χ2v) is 4.09. The minimum atomic E-state index is -0.816. The van der Waals surface area contributed by atoms with Crippen LogP contribution in [0.15, 0.2) is 48.5 Å². The molecule has 0 aliphatic heterocycles. The molecule has 0 heterocycles. The standard InChI is InChI=1S/C16H13FO4/c1-2-20-15(18)11-7-3-4-8-12(11)16(19)21-14-10-6-5-9-13(14)17/h3-10H,2H2,1H3. The van der Waals surface area contributed by atoms with Crippen molar-refractivity contribution in [3.8, 4) is 5.75 Å². The maximum atomic E-state index is 13.5. The fourth-order valence-electron chi connectivity index (χ4n) is 1.73. The minimum Gasteiger partial charge on any atom is -0.462 e. The maximum absolute atomic E-state index is 13.5. The highest BCUT2D eigenvalue weighted by molar-refractivity contribution is 6.03. The predicted molar refractivity (Wildman–Crippen MR) is 73.8 cm³/mol. The lowest BCUT2D eigenvalue weighted by Crippen LogP contribution is -2.16. The summed E-state index contributed by atoms with van der Waals surface area (Å²) in [5.41, 5.74) is 0.111. The molecule has 0 spiro atoms. The van der Waals surface area contributed by atoms with Gasteiger partial charge in [-0.15, -0.1) is 0 Å². The molecule has 0 radical (unpaired) electrons. The van der Waals surface area contributed by atoms with Crippen molar-refractivity contribution in [3.05, 3.63) is 65.5 Å². The Hall–Kier alpha value is -2.69. The summed E-state index contributed by atoms with van der Waals surface area (Å²) in [5, 5.41) is 0. The molecule has 0 bridgehead atoms. The third-order valence-corrected chi connectivity index (χ3v) is 2.68. The molecule has 2 aromatic carbocycles. The van der Waals surface area contributed by atoms with E-state index >= 15 is 0 Å². The van der Waals surface area contributed by atoms with Crippen molar-refractivity contribution in [1.82, 2.24) is 0 Å². The van der Waals surface area contributed by atoms with Gasteiger partial charge in [-0.3, -0.25) is 0 Å². The molecule has 0 amide bonds. The quantitative estimate of drug-likeness (QED) is 0.640. The van der Waals surface area contributed by atoms with Gasteiger partial charge in [-0.1, -0.05) is 24.3 Å². The van der Waals surface area contributed by atoms with Crippen molar-refractivity contribution in [2.24, 2.45) is 0 Å². The normalized spacial score (nSPS) is 10.0. The Kier molecular flexibility index (Phi) is 4.66. The van der Waals surface area contributed by atoms with Crippen molar-refractivity contribution in [2.75, 3.05) is 6.61 Å². The van der Waals surface area contributed by atoms with E-state index < -0.39 is 17.8 Å². The van der Waals surface area contributed by atoms with E-state index in [0.717, 1.165) is 0 Å². The topological polar surface area (TPSA) is 52.6 Å². The number of ether oxygens (including phenoxy) is 2. The zero-order valence-corrected chi connectivity index (χ0v) is 11.3. The third-order valence-electron chi connectivity index (χ3n) is 2.68. The zero-order valence-electron chi connectivity index (χ0n) is 11.3. The average molecular weight is 288 g/mol. The molecule has 108 valence electrons. The van der Waals surface area contributed by atoms with Crippen LogP contribution in [0.25, 0.3) is 0 Å². The lowest BCUT2D eigenvalue weighted by atomic mass is 10.1. The molecule has 5 heteroatoms. The van der Waals surface area contributed by atoms with Crippen LogP contribution < -0.4 is 4.74 Å². The van der Waals surface area contributed by atoms with E-state index in [1.54, 1.807) is 25.1 Å². The molecule has 21 heavy (non-hydrogen) atoms. The van der Waals surface area contributed by atoms with Gasteiger partial charge in [0.05, 0.1) is 17.7 Å². The SMILES string of the molecule is CCOC(=O)c1ccccc1C(=O)Oc1ccccc1F. The van der Waals surface area contributed by atoms with E-state index in [-0.39, 0.29) is 23.5 Å². The third kappa shape index (κ3) is 3.45. The van der Waals surface area contributed by atoms with Crippen LogP contribution in [0.2, 0.25) is 0 Å². The highest BCUT2D eigenvalue weighted by Crippen LogP contribution is 2.19. The molecular formula is C16H13FO4.